The van der Waals surface area contributed by atoms with Crippen molar-refractivity contribution in [2.24, 2.45) is 0 Å². The maximum absolute atomic E-state index is 14.1. The van der Waals surface area contributed by atoms with E-state index in [-0.39, 0.29) is 16.1 Å². The Bertz CT molecular complexity index is 1930. The van der Waals surface area contributed by atoms with Gasteiger partial charge in [0, 0.05) is 17.7 Å². The van der Waals surface area contributed by atoms with Gasteiger partial charge >= 0.3 is 5.97 Å². The fraction of sp³-hybridized carbons (Fsp3) is 0.108. The Kier molecular flexibility index (Phi) is 10.7. The van der Waals surface area contributed by atoms with Crippen molar-refractivity contribution in [1.82, 2.24) is 10.0 Å². The van der Waals surface area contributed by atoms with Crippen molar-refractivity contribution in [2.75, 3.05) is 6.61 Å². The highest BCUT2D eigenvalue weighted by molar-refractivity contribution is 7.89. The van der Waals surface area contributed by atoms with E-state index in [0.717, 1.165) is 24.3 Å². The second-order valence-electron chi connectivity index (χ2n) is 10.9. The summed E-state index contributed by atoms with van der Waals surface area (Å²) >= 11 is 0. The number of carbonyl (C=O) groups excluding carboxylic acids is 3. The molecule has 0 aromatic heterocycles. The Balaban J connectivity index is 1.49. The van der Waals surface area contributed by atoms with Crippen molar-refractivity contribution in [3.05, 3.63) is 178 Å². The Morgan fingerprint density at radius 2 is 1.14 bits per heavy atom. The number of esters is 1. The first kappa shape index (κ1) is 34.4. The van der Waals surface area contributed by atoms with Gasteiger partial charge in [-0.05, 0) is 28.8 Å². The van der Waals surface area contributed by atoms with Crippen LogP contribution in [0.25, 0.3) is 0 Å². The van der Waals surface area contributed by atoms with Gasteiger partial charge < -0.3 is 10.1 Å². The van der Waals surface area contributed by atoms with Crippen LogP contribution in [0.4, 0.5) is 5.69 Å². The van der Waals surface area contributed by atoms with Crippen LogP contribution < -0.4 is 10.0 Å². The second-order valence-corrected chi connectivity index (χ2v) is 12.6. The second kappa shape index (κ2) is 15.3. The number of non-ortho nitro benzene ring substituents is 1. The summed E-state index contributed by atoms with van der Waals surface area (Å²) in [6.07, 6.45) is -0.723. The number of hydrogen-bond acceptors (Lipinski definition) is 8. The average Bonchev–Trinajstić information content (AvgIpc) is 3.13. The van der Waals surface area contributed by atoms with Crippen LogP contribution in [0.2, 0.25) is 0 Å². The smallest absolute Gasteiger partial charge is 0.325 e. The first-order valence-electron chi connectivity index (χ1n) is 15.1. The van der Waals surface area contributed by atoms with Crippen molar-refractivity contribution >= 4 is 33.4 Å². The predicted octanol–water partition coefficient (Wildman–Crippen LogP) is 5.17. The predicted molar refractivity (Wildman–Crippen MR) is 181 cm³/mol. The minimum atomic E-state index is -4.52. The zero-order chi connectivity index (χ0) is 34.9. The maximum Gasteiger partial charge on any atom is 0.325 e. The lowest BCUT2D eigenvalue weighted by atomic mass is 9.77. The summed E-state index contributed by atoms with van der Waals surface area (Å²) in [5.74, 6) is -2.43. The molecule has 0 saturated carbocycles. The van der Waals surface area contributed by atoms with Crippen molar-refractivity contribution < 1.29 is 32.5 Å². The fourth-order valence-electron chi connectivity index (χ4n) is 5.35. The van der Waals surface area contributed by atoms with E-state index in [2.05, 4.69) is 10.0 Å². The van der Waals surface area contributed by atoms with Gasteiger partial charge in [0.1, 0.15) is 11.6 Å². The summed E-state index contributed by atoms with van der Waals surface area (Å²) in [4.78, 5) is 50.3. The summed E-state index contributed by atoms with van der Waals surface area (Å²) < 4.78 is 34.3. The Morgan fingerprint density at radius 1 is 0.694 bits per heavy atom. The molecular weight excluding hydrogens is 646 g/mol. The molecule has 0 fully saturated rings. The first-order chi connectivity index (χ1) is 23.6. The van der Waals surface area contributed by atoms with E-state index in [1.165, 1.54) is 12.1 Å². The number of carbonyl (C=O) groups is 3. The number of nitrogens with one attached hydrogen (secondary N) is 2. The van der Waals surface area contributed by atoms with Crippen LogP contribution in [0.15, 0.2) is 150 Å². The molecule has 12 heteroatoms. The number of rotatable bonds is 14. The zero-order valence-electron chi connectivity index (χ0n) is 26.0. The van der Waals surface area contributed by atoms with E-state index in [1.54, 1.807) is 18.2 Å². The number of nitro benzene ring substituents is 1. The van der Waals surface area contributed by atoms with Gasteiger partial charge in [-0.2, -0.15) is 4.72 Å². The molecule has 0 aliphatic heterocycles. The molecule has 11 nitrogen and oxygen atoms in total. The van der Waals surface area contributed by atoms with Gasteiger partial charge in [0.15, 0.2) is 12.4 Å². The molecule has 0 bridgehead atoms. The first-order valence-corrected chi connectivity index (χ1v) is 16.6. The van der Waals surface area contributed by atoms with Crippen LogP contribution in [-0.4, -0.2) is 43.6 Å². The van der Waals surface area contributed by atoms with Crippen LogP contribution in [0.3, 0.4) is 0 Å². The van der Waals surface area contributed by atoms with Crippen molar-refractivity contribution in [3.8, 4) is 0 Å². The fourth-order valence-corrected chi connectivity index (χ4v) is 6.53. The molecule has 5 rings (SSSR count). The molecule has 0 saturated heterocycles. The SMILES string of the molecule is O=C(C[C@H](NS(=O)(=O)c1ccc([N+](=O)[O-])cc1)C(=O)OCC(=O)c1ccccc1)NC(c1ccccc1)(c1ccccc1)c1ccccc1. The minimum absolute atomic E-state index is 0.273. The molecule has 248 valence electrons. The van der Waals surface area contributed by atoms with E-state index >= 15 is 0 Å². The lowest BCUT2D eigenvalue weighted by Crippen LogP contribution is -2.51. The van der Waals surface area contributed by atoms with E-state index < -0.39 is 57.2 Å². The highest BCUT2D eigenvalue weighted by Crippen LogP contribution is 2.37. The van der Waals surface area contributed by atoms with E-state index in [0.29, 0.717) is 16.7 Å². The summed E-state index contributed by atoms with van der Waals surface area (Å²) in [6.45, 7) is -0.706. The highest BCUT2D eigenvalue weighted by Gasteiger charge is 2.39. The number of nitro groups is 1. The van der Waals surface area contributed by atoms with Gasteiger partial charge in [0.05, 0.1) is 16.2 Å². The molecule has 0 radical (unpaired) electrons. The number of ether oxygens (including phenoxy) is 1. The molecule has 0 unspecified atom stereocenters. The molecule has 1 amide bonds. The highest BCUT2D eigenvalue weighted by atomic mass is 32.2. The van der Waals surface area contributed by atoms with E-state index in [4.69, 9.17) is 4.74 Å². The van der Waals surface area contributed by atoms with Gasteiger partial charge in [-0.3, -0.25) is 24.5 Å². The molecule has 5 aromatic carbocycles. The van der Waals surface area contributed by atoms with Gasteiger partial charge in [0.25, 0.3) is 5.69 Å². The lowest BCUT2D eigenvalue weighted by Gasteiger charge is -2.37. The number of hydrogen-bond donors (Lipinski definition) is 2. The number of amides is 1. The summed E-state index contributed by atoms with van der Waals surface area (Å²) in [6, 6.07) is 37.8. The summed E-state index contributed by atoms with van der Waals surface area (Å²) in [7, 11) is -4.52. The number of ketones is 1. The van der Waals surface area contributed by atoms with Crippen LogP contribution in [-0.2, 0) is 29.9 Å². The molecular formula is C37H31N3O8S. The summed E-state index contributed by atoms with van der Waals surface area (Å²) in [5, 5.41) is 14.2. The molecule has 5 aromatic rings. The van der Waals surface area contributed by atoms with Crippen LogP contribution >= 0.6 is 0 Å². The molecule has 49 heavy (non-hydrogen) atoms. The van der Waals surface area contributed by atoms with E-state index in [9.17, 15) is 32.9 Å². The van der Waals surface area contributed by atoms with Crippen LogP contribution in [0.5, 0.6) is 0 Å². The summed E-state index contributed by atoms with van der Waals surface area (Å²) in [5.41, 5.74) is 0.747. The van der Waals surface area contributed by atoms with Gasteiger partial charge in [0.2, 0.25) is 15.9 Å². The van der Waals surface area contributed by atoms with Crippen molar-refractivity contribution in [1.29, 1.82) is 0 Å². The third kappa shape index (κ3) is 8.12. The molecule has 2 N–H and O–H groups in total. The number of nitrogens with zero attached hydrogens (tertiary/aromatic N) is 1. The average molecular weight is 678 g/mol. The largest absolute Gasteiger partial charge is 0.456 e. The molecule has 1 atom stereocenters. The van der Waals surface area contributed by atoms with Gasteiger partial charge in [-0.25, -0.2) is 8.42 Å². The number of Topliss-reactive ketones (excluding diaryl/α,β-unsaturated/α-hetero) is 1. The van der Waals surface area contributed by atoms with Crippen LogP contribution in [0.1, 0.15) is 33.5 Å². The minimum Gasteiger partial charge on any atom is -0.456 e. The zero-order valence-corrected chi connectivity index (χ0v) is 26.8. The monoisotopic (exact) mass is 677 g/mol. The number of sulfonamides is 1. The van der Waals surface area contributed by atoms with Crippen molar-refractivity contribution in [2.45, 2.75) is 22.9 Å². The Labute approximate surface area is 282 Å². The van der Waals surface area contributed by atoms with Gasteiger partial charge in [-0.1, -0.05) is 121 Å². The molecule has 0 aliphatic rings. The topological polar surface area (TPSA) is 162 Å². The van der Waals surface area contributed by atoms with Gasteiger partial charge in [-0.15, -0.1) is 0 Å². The maximum atomic E-state index is 14.1. The Morgan fingerprint density at radius 3 is 1.59 bits per heavy atom. The molecule has 0 spiro atoms. The van der Waals surface area contributed by atoms with Crippen LogP contribution in [0, 0.1) is 10.1 Å². The Hall–Kier alpha value is -5.98. The molecule has 0 aliphatic carbocycles. The third-order valence-corrected chi connectivity index (χ3v) is 9.21. The standard InChI is InChI=1S/C37H31N3O8S/c41-34(27-13-5-1-6-14-27)26-48-36(43)33(39-49(46,47)32-23-21-31(22-24-32)40(44)45)25-35(42)38-37(28-15-7-2-8-16-28,29-17-9-3-10-18-29)30-19-11-4-12-20-30/h1-24,33,39H,25-26H2,(H,38,42)/t33-/m0/s1. The lowest BCUT2D eigenvalue weighted by molar-refractivity contribution is -0.384. The van der Waals surface area contributed by atoms with E-state index in [1.807, 2.05) is 91.0 Å². The normalized spacial score (nSPS) is 12.0. The van der Waals surface area contributed by atoms with Crippen molar-refractivity contribution in [3.63, 3.8) is 0 Å². The quantitative estimate of drug-likeness (QED) is 0.0535. The number of benzene rings is 5. The third-order valence-electron chi connectivity index (χ3n) is 7.72. The molecule has 0 heterocycles.